The van der Waals surface area contributed by atoms with E-state index in [-0.39, 0.29) is 30.1 Å². The maximum Gasteiger partial charge on any atom is 0.307 e. The van der Waals surface area contributed by atoms with Crippen LogP contribution in [0, 0.1) is 11.3 Å². The third-order valence-corrected chi connectivity index (χ3v) is 5.18. The van der Waals surface area contributed by atoms with Crippen LogP contribution in [0.15, 0.2) is 29.2 Å². The summed E-state index contributed by atoms with van der Waals surface area (Å²) in [5.41, 5.74) is 0.436. The second kappa shape index (κ2) is 8.57. The molecule has 0 spiro atoms. The summed E-state index contributed by atoms with van der Waals surface area (Å²) in [6.45, 7) is 2.99. The quantitative estimate of drug-likeness (QED) is 0.521. The highest BCUT2D eigenvalue weighted by Gasteiger charge is 2.21. The molecule has 0 aromatic heterocycles. The number of hydrogen-bond acceptors (Lipinski definition) is 6. The number of carbonyl (C=O) groups excluding carboxylic acids is 2. The fraction of sp³-hybridized carbons (Fsp3) is 0.438. The summed E-state index contributed by atoms with van der Waals surface area (Å²) >= 11 is 0. The second-order valence-electron chi connectivity index (χ2n) is 5.27. The van der Waals surface area contributed by atoms with Crippen LogP contribution in [0.1, 0.15) is 37.0 Å². The number of nitrogens with zero attached hydrogens (tertiary/aromatic N) is 2. The van der Waals surface area contributed by atoms with Crippen LogP contribution in [0.5, 0.6) is 0 Å². The Morgan fingerprint density at radius 2 is 1.88 bits per heavy atom. The Labute approximate surface area is 141 Å². The summed E-state index contributed by atoms with van der Waals surface area (Å²) in [6.07, 6.45) is -0.522. The summed E-state index contributed by atoms with van der Waals surface area (Å²) in [4.78, 5) is 22.7. The number of rotatable bonds is 8. The van der Waals surface area contributed by atoms with E-state index < -0.39 is 22.1 Å². The third-order valence-electron chi connectivity index (χ3n) is 3.31. The molecule has 0 heterocycles. The van der Waals surface area contributed by atoms with Crippen LogP contribution in [-0.2, 0) is 19.6 Å². The highest BCUT2D eigenvalue weighted by molar-refractivity contribution is 7.89. The molecule has 0 aliphatic rings. The van der Waals surface area contributed by atoms with Gasteiger partial charge in [0, 0.05) is 25.6 Å². The van der Waals surface area contributed by atoms with Crippen molar-refractivity contribution >= 4 is 21.8 Å². The molecule has 0 unspecified atom stereocenters. The Kier molecular flexibility index (Phi) is 7.07. The van der Waals surface area contributed by atoms with Crippen molar-refractivity contribution in [2.75, 3.05) is 13.6 Å². The SMILES string of the molecule is CC(=O)c1ccc(S(=O)(=O)N(C)CCCC(=O)O[C@@H](C)C#N)cc1. The van der Waals surface area contributed by atoms with Crippen molar-refractivity contribution < 1.29 is 22.7 Å². The topological polar surface area (TPSA) is 105 Å². The summed E-state index contributed by atoms with van der Waals surface area (Å²) in [5.74, 6) is -0.682. The summed E-state index contributed by atoms with van der Waals surface area (Å²) in [5, 5.41) is 8.55. The first-order chi connectivity index (χ1) is 11.2. The van der Waals surface area contributed by atoms with E-state index in [2.05, 4.69) is 0 Å². The third kappa shape index (κ3) is 5.44. The molecule has 0 fully saturated rings. The van der Waals surface area contributed by atoms with Crippen LogP contribution >= 0.6 is 0 Å². The number of ketones is 1. The summed E-state index contributed by atoms with van der Waals surface area (Å²) < 4.78 is 30.7. The van der Waals surface area contributed by atoms with E-state index in [0.29, 0.717) is 5.56 Å². The highest BCUT2D eigenvalue weighted by Crippen LogP contribution is 2.16. The number of nitriles is 1. The van der Waals surface area contributed by atoms with Crippen LogP contribution in [0.3, 0.4) is 0 Å². The number of Topliss-reactive ketones (excluding diaryl/α,β-unsaturated/α-hetero) is 1. The van der Waals surface area contributed by atoms with Gasteiger partial charge in [0.15, 0.2) is 11.9 Å². The Morgan fingerprint density at radius 3 is 2.38 bits per heavy atom. The van der Waals surface area contributed by atoms with Crippen molar-refractivity contribution in [3.05, 3.63) is 29.8 Å². The Balaban J connectivity index is 2.63. The van der Waals surface area contributed by atoms with Gasteiger partial charge in [-0.15, -0.1) is 0 Å². The van der Waals surface area contributed by atoms with Gasteiger partial charge < -0.3 is 4.74 Å². The molecule has 8 heteroatoms. The molecule has 0 N–H and O–H groups in total. The van der Waals surface area contributed by atoms with Gasteiger partial charge in [-0.2, -0.15) is 5.26 Å². The van der Waals surface area contributed by atoms with Gasteiger partial charge >= 0.3 is 5.97 Å². The maximum atomic E-state index is 12.4. The molecular formula is C16H20N2O5S. The van der Waals surface area contributed by atoms with Gasteiger partial charge in [-0.3, -0.25) is 9.59 Å². The molecule has 0 aliphatic carbocycles. The lowest BCUT2D eigenvalue weighted by Crippen LogP contribution is -2.28. The fourth-order valence-electron chi connectivity index (χ4n) is 1.89. The Hall–Kier alpha value is -2.24. The molecule has 0 saturated carbocycles. The van der Waals surface area contributed by atoms with Crippen molar-refractivity contribution in [2.24, 2.45) is 0 Å². The van der Waals surface area contributed by atoms with Crippen LogP contribution < -0.4 is 0 Å². The van der Waals surface area contributed by atoms with Crippen LogP contribution in [0.4, 0.5) is 0 Å². The predicted molar refractivity (Wildman–Crippen MR) is 86.7 cm³/mol. The molecule has 0 aliphatic heterocycles. The molecule has 24 heavy (non-hydrogen) atoms. The number of esters is 1. The van der Waals surface area contributed by atoms with E-state index in [1.165, 1.54) is 45.2 Å². The molecule has 130 valence electrons. The number of sulfonamides is 1. The minimum atomic E-state index is -3.69. The van der Waals surface area contributed by atoms with Crippen LogP contribution in [-0.4, -0.2) is 44.2 Å². The first-order valence-corrected chi connectivity index (χ1v) is 8.79. The van der Waals surface area contributed by atoms with Gasteiger partial charge in [0.2, 0.25) is 10.0 Å². The zero-order valence-electron chi connectivity index (χ0n) is 13.9. The molecule has 7 nitrogen and oxygen atoms in total. The molecule has 1 atom stereocenters. The Bertz CT molecular complexity index is 735. The van der Waals surface area contributed by atoms with Gasteiger partial charge in [0.25, 0.3) is 0 Å². The van der Waals surface area contributed by atoms with Crippen molar-refractivity contribution in [3.8, 4) is 6.07 Å². The number of ether oxygens (including phenoxy) is 1. The van der Waals surface area contributed by atoms with E-state index in [0.717, 1.165) is 4.31 Å². The number of hydrogen-bond donors (Lipinski definition) is 0. The molecule has 1 rings (SSSR count). The molecule has 1 aromatic rings. The van der Waals surface area contributed by atoms with Crippen molar-refractivity contribution in [1.29, 1.82) is 5.26 Å². The highest BCUT2D eigenvalue weighted by atomic mass is 32.2. The molecule has 0 saturated heterocycles. The Morgan fingerprint density at radius 1 is 1.29 bits per heavy atom. The fourth-order valence-corrected chi connectivity index (χ4v) is 3.10. The molecular weight excluding hydrogens is 332 g/mol. The van der Waals surface area contributed by atoms with E-state index in [1.54, 1.807) is 6.07 Å². The number of benzene rings is 1. The summed E-state index contributed by atoms with van der Waals surface area (Å²) in [6, 6.07) is 7.46. The minimum Gasteiger partial charge on any atom is -0.447 e. The molecule has 0 radical (unpaired) electrons. The van der Waals surface area contributed by atoms with Crippen molar-refractivity contribution in [3.63, 3.8) is 0 Å². The average molecular weight is 352 g/mol. The zero-order chi connectivity index (χ0) is 18.3. The van der Waals surface area contributed by atoms with E-state index >= 15 is 0 Å². The lowest BCUT2D eigenvalue weighted by Gasteiger charge is -2.17. The molecule has 0 bridgehead atoms. The van der Waals surface area contributed by atoms with Crippen LogP contribution in [0.2, 0.25) is 0 Å². The minimum absolute atomic E-state index is 0.0230. The maximum absolute atomic E-state index is 12.4. The normalized spacial score (nSPS) is 12.5. The zero-order valence-corrected chi connectivity index (χ0v) is 14.7. The lowest BCUT2D eigenvalue weighted by atomic mass is 10.2. The van der Waals surface area contributed by atoms with Crippen molar-refractivity contribution in [2.45, 2.75) is 37.7 Å². The smallest absolute Gasteiger partial charge is 0.307 e. The molecule has 0 amide bonds. The van der Waals surface area contributed by atoms with Crippen molar-refractivity contribution in [1.82, 2.24) is 4.31 Å². The predicted octanol–water partition coefficient (Wildman–Crippen LogP) is 1.75. The van der Waals surface area contributed by atoms with Crippen LogP contribution in [0.25, 0.3) is 0 Å². The lowest BCUT2D eigenvalue weighted by molar-refractivity contribution is -0.146. The number of carbonyl (C=O) groups is 2. The first kappa shape index (κ1) is 19.8. The van der Waals surface area contributed by atoms with E-state index in [1.807, 2.05) is 0 Å². The first-order valence-electron chi connectivity index (χ1n) is 7.35. The van der Waals surface area contributed by atoms with Gasteiger partial charge in [-0.05, 0) is 32.4 Å². The average Bonchev–Trinajstić information content (AvgIpc) is 2.54. The van der Waals surface area contributed by atoms with Gasteiger partial charge in [0.1, 0.15) is 6.07 Å². The van der Waals surface area contributed by atoms with E-state index in [9.17, 15) is 18.0 Å². The molecule has 1 aromatic carbocycles. The van der Waals surface area contributed by atoms with Gasteiger partial charge in [-0.25, -0.2) is 12.7 Å². The second-order valence-corrected chi connectivity index (χ2v) is 7.32. The summed E-state index contributed by atoms with van der Waals surface area (Å²) in [7, 11) is -2.28. The monoisotopic (exact) mass is 352 g/mol. The van der Waals surface area contributed by atoms with Gasteiger partial charge in [-0.1, -0.05) is 12.1 Å². The van der Waals surface area contributed by atoms with E-state index in [4.69, 9.17) is 10.00 Å². The largest absolute Gasteiger partial charge is 0.447 e. The van der Waals surface area contributed by atoms with Gasteiger partial charge in [0.05, 0.1) is 4.90 Å². The standard InChI is InChI=1S/C16H20N2O5S/c1-12(11-17)23-16(20)5-4-10-18(3)24(21,22)15-8-6-14(7-9-15)13(2)19/h6-9,12H,4-5,10H2,1-3H3/t12-/m0/s1.